The summed E-state index contributed by atoms with van der Waals surface area (Å²) >= 11 is 11.9. The molecule has 0 saturated heterocycles. The van der Waals surface area contributed by atoms with E-state index in [0.717, 1.165) is 0 Å². The second kappa shape index (κ2) is 5.59. The van der Waals surface area contributed by atoms with E-state index in [2.05, 4.69) is 5.32 Å². The Bertz CT molecular complexity index is 490. The molecular formula is C12H13Cl2NO3. The summed E-state index contributed by atoms with van der Waals surface area (Å²) in [6, 6.07) is 4.92. The molecule has 18 heavy (non-hydrogen) atoms. The summed E-state index contributed by atoms with van der Waals surface area (Å²) in [5.74, 6) is -1.79. The minimum atomic E-state index is -1.58. The lowest BCUT2D eigenvalue weighted by Crippen LogP contribution is -2.44. The van der Waals surface area contributed by atoms with E-state index in [0.29, 0.717) is 10.6 Å². The van der Waals surface area contributed by atoms with Gasteiger partial charge in [-0.05, 0) is 25.0 Å². The number of carbonyl (C=O) groups is 2. The van der Waals surface area contributed by atoms with Gasteiger partial charge < -0.3 is 10.4 Å². The summed E-state index contributed by atoms with van der Waals surface area (Å²) < 4.78 is 0. The molecule has 0 aliphatic rings. The predicted octanol–water partition coefficient (Wildman–Crippen LogP) is 2.37. The number of nitrogens with one attached hydrogen (secondary N) is 1. The van der Waals surface area contributed by atoms with Crippen molar-refractivity contribution in [3.8, 4) is 0 Å². The summed E-state index contributed by atoms with van der Waals surface area (Å²) in [5.41, 5.74) is -1.05. The molecule has 1 aromatic rings. The van der Waals surface area contributed by atoms with Gasteiger partial charge in [0.1, 0.15) is 5.41 Å². The van der Waals surface area contributed by atoms with Gasteiger partial charge in [-0.25, -0.2) is 0 Å². The van der Waals surface area contributed by atoms with Gasteiger partial charge in [-0.3, -0.25) is 9.59 Å². The molecule has 1 aromatic carbocycles. The molecule has 0 heterocycles. The van der Waals surface area contributed by atoms with Gasteiger partial charge in [0.05, 0.1) is 10.0 Å². The number of benzene rings is 1. The van der Waals surface area contributed by atoms with Crippen LogP contribution in [0, 0.1) is 5.41 Å². The third-order valence-corrected chi connectivity index (χ3v) is 3.63. The summed E-state index contributed by atoms with van der Waals surface area (Å²) in [6.45, 7) is 1.35. The third kappa shape index (κ3) is 2.76. The SMILES string of the molecule is CNC(=O)C(C)(Cc1cccc(Cl)c1Cl)C(=O)O. The van der Waals surface area contributed by atoms with Crippen LogP contribution < -0.4 is 5.32 Å². The zero-order chi connectivity index (χ0) is 13.9. The summed E-state index contributed by atoms with van der Waals surface area (Å²) in [5, 5.41) is 12.2. The van der Waals surface area contributed by atoms with Crippen LogP contribution in [0.2, 0.25) is 10.0 Å². The van der Waals surface area contributed by atoms with Crippen LogP contribution in [0.15, 0.2) is 18.2 Å². The van der Waals surface area contributed by atoms with Crippen molar-refractivity contribution in [1.82, 2.24) is 5.32 Å². The Morgan fingerprint density at radius 1 is 1.39 bits per heavy atom. The standard InChI is InChI=1S/C12H13Cl2NO3/c1-12(11(17)18,10(16)15-2)6-7-4-3-5-8(13)9(7)14/h3-5H,6H2,1-2H3,(H,15,16)(H,17,18). The first kappa shape index (κ1) is 14.8. The average molecular weight is 290 g/mol. The molecule has 4 nitrogen and oxygen atoms in total. The van der Waals surface area contributed by atoms with Gasteiger partial charge in [-0.15, -0.1) is 0 Å². The number of halogens is 2. The summed E-state index contributed by atoms with van der Waals surface area (Å²) in [4.78, 5) is 23.0. The zero-order valence-corrected chi connectivity index (χ0v) is 11.5. The summed E-state index contributed by atoms with van der Waals surface area (Å²) in [6.07, 6.45) is -0.0264. The normalized spacial score (nSPS) is 13.8. The van der Waals surface area contributed by atoms with E-state index in [9.17, 15) is 14.7 Å². The minimum Gasteiger partial charge on any atom is -0.480 e. The Morgan fingerprint density at radius 3 is 2.50 bits per heavy atom. The molecule has 1 atom stereocenters. The van der Waals surface area contributed by atoms with E-state index in [-0.39, 0.29) is 11.4 Å². The van der Waals surface area contributed by atoms with Crippen molar-refractivity contribution in [2.24, 2.45) is 5.41 Å². The van der Waals surface area contributed by atoms with Crippen molar-refractivity contribution >= 4 is 35.1 Å². The van der Waals surface area contributed by atoms with Crippen LogP contribution in [0.3, 0.4) is 0 Å². The first-order chi connectivity index (χ1) is 8.32. The lowest BCUT2D eigenvalue weighted by molar-refractivity contribution is -0.154. The largest absolute Gasteiger partial charge is 0.480 e. The van der Waals surface area contributed by atoms with E-state index in [4.69, 9.17) is 23.2 Å². The van der Waals surface area contributed by atoms with E-state index >= 15 is 0 Å². The molecule has 0 bridgehead atoms. The molecule has 0 spiro atoms. The van der Waals surface area contributed by atoms with Crippen molar-refractivity contribution < 1.29 is 14.7 Å². The fourth-order valence-electron chi connectivity index (χ4n) is 1.59. The number of aliphatic carboxylic acids is 1. The van der Waals surface area contributed by atoms with Crippen molar-refractivity contribution in [1.29, 1.82) is 0 Å². The number of carboxylic acid groups (broad SMARTS) is 1. The molecule has 0 saturated carbocycles. The number of carbonyl (C=O) groups excluding carboxylic acids is 1. The molecule has 1 amide bonds. The molecule has 6 heteroatoms. The smallest absolute Gasteiger partial charge is 0.319 e. The van der Waals surface area contributed by atoms with Crippen molar-refractivity contribution in [3.63, 3.8) is 0 Å². The fourth-order valence-corrected chi connectivity index (χ4v) is 1.98. The van der Waals surface area contributed by atoms with Gasteiger partial charge >= 0.3 is 5.97 Å². The zero-order valence-electron chi connectivity index (χ0n) is 9.96. The van der Waals surface area contributed by atoms with E-state index in [1.54, 1.807) is 18.2 Å². The van der Waals surface area contributed by atoms with Crippen molar-refractivity contribution in [2.45, 2.75) is 13.3 Å². The van der Waals surface area contributed by atoms with Gasteiger partial charge in [0.2, 0.25) is 5.91 Å². The number of rotatable bonds is 4. The highest BCUT2D eigenvalue weighted by molar-refractivity contribution is 6.42. The molecule has 0 aliphatic carbocycles. The van der Waals surface area contributed by atoms with Crippen LogP contribution in [0.25, 0.3) is 0 Å². The highest BCUT2D eigenvalue weighted by Gasteiger charge is 2.41. The molecule has 1 rings (SSSR count). The number of carboxylic acids is 1. The van der Waals surface area contributed by atoms with Crippen LogP contribution >= 0.6 is 23.2 Å². The molecule has 2 N–H and O–H groups in total. The molecule has 0 radical (unpaired) electrons. The van der Waals surface area contributed by atoms with Crippen molar-refractivity contribution in [3.05, 3.63) is 33.8 Å². The lowest BCUT2D eigenvalue weighted by Gasteiger charge is -2.23. The Hall–Kier alpha value is -1.26. The Balaban J connectivity index is 3.16. The lowest BCUT2D eigenvalue weighted by atomic mass is 9.82. The topological polar surface area (TPSA) is 66.4 Å². The second-order valence-electron chi connectivity index (χ2n) is 4.11. The van der Waals surface area contributed by atoms with Crippen molar-refractivity contribution in [2.75, 3.05) is 7.05 Å². The number of hydrogen-bond acceptors (Lipinski definition) is 2. The van der Waals surface area contributed by atoms with Gasteiger partial charge in [-0.1, -0.05) is 35.3 Å². The van der Waals surface area contributed by atoms with E-state index < -0.39 is 17.3 Å². The van der Waals surface area contributed by atoms with Crippen LogP contribution in [0.1, 0.15) is 12.5 Å². The maximum Gasteiger partial charge on any atom is 0.319 e. The highest BCUT2D eigenvalue weighted by atomic mass is 35.5. The van der Waals surface area contributed by atoms with Crippen LogP contribution in [0.5, 0.6) is 0 Å². The predicted molar refractivity (Wildman–Crippen MR) is 70.0 cm³/mol. The van der Waals surface area contributed by atoms with E-state index in [1.165, 1.54) is 14.0 Å². The Labute approximate surface area is 115 Å². The van der Waals surface area contributed by atoms with Gasteiger partial charge in [0, 0.05) is 7.05 Å². The number of hydrogen-bond donors (Lipinski definition) is 2. The minimum absolute atomic E-state index is 0.0264. The monoisotopic (exact) mass is 289 g/mol. The molecule has 0 aliphatic heterocycles. The Kier molecular flexibility index (Phi) is 4.59. The van der Waals surface area contributed by atoms with E-state index in [1.807, 2.05) is 0 Å². The Morgan fingerprint density at radius 2 is 2.00 bits per heavy atom. The van der Waals surface area contributed by atoms with Crippen LogP contribution in [-0.4, -0.2) is 24.0 Å². The van der Waals surface area contributed by atoms with Gasteiger partial charge in [0.15, 0.2) is 0 Å². The summed E-state index contributed by atoms with van der Waals surface area (Å²) in [7, 11) is 1.39. The molecular weight excluding hydrogens is 277 g/mol. The molecule has 0 aromatic heterocycles. The maximum absolute atomic E-state index is 11.7. The van der Waals surface area contributed by atoms with Crippen LogP contribution in [0.4, 0.5) is 0 Å². The first-order valence-corrected chi connectivity index (χ1v) is 5.97. The van der Waals surface area contributed by atoms with Gasteiger partial charge in [0.25, 0.3) is 0 Å². The molecule has 0 fully saturated rings. The molecule has 98 valence electrons. The highest BCUT2D eigenvalue weighted by Crippen LogP contribution is 2.31. The first-order valence-electron chi connectivity index (χ1n) is 5.21. The number of amides is 1. The van der Waals surface area contributed by atoms with Gasteiger partial charge in [-0.2, -0.15) is 0 Å². The van der Waals surface area contributed by atoms with Crippen LogP contribution in [-0.2, 0) is 16.0 Å². The molecule has 1 unspecified atom stereocenters. The second-order valence-corrected chi connectivity index (χ2v) is 4.89. The quantitative estimate of drug-likeness (QED) is 0.837. The fraction of sp³-hybridized carbons (Fsp3) is 0.333. The average Bonchev–Trinajstić information content (AvgIpc) is 2.33. The maximum atomic E-state index is 11.7. The third-order valence-electron chi connectivity index (χ3n) is 2.78.